The van der Waals surface area contributed by atoms with Gasteiger partial charge in [0.1, 0.15) is 6.04 Å². The van der Waals surface area contributed by atoms with E-state index in [1.54, 1.807) is 28.9 Å². The molecule has 0 saturated carbocycles. The summed E-state index contributed by atoms with van der Waals surface area (Å²) in [6.45, 7) is 3.83. The number of carboxylic acid groups (broad SMARTS) is 1. The third-order valence-electron chi connectivity index (χ3n) is 2.98. The van der Waals surface area contributed by atoms with Gasteiger partial charge in [0, 0.05) is 6.20 Å². The van der Waals surface area contributed by atoms with E-state index in [-0.39, 0.29) is 5.92 Å². The number of fused-ring (bicyclic) bond motifs is 1. The Hall–Kier alpha value is -2.37. The SMILES string of the molecule is CC(C)CC(NC(=O)c1cnn2ccccc12)C(=O)O. The lowest BCUT2D eigenvalue weighted by molar-refractivity contribution is -0.139. The van der Waals surface area contributed by atoms with Gasteiger partial charge in [-0.3, -0.25) is 4.79 Å². The second-order valence-corrected chi connectivity index (χ2v) is 5.08. The number of nitrogens with one attached hydrogen (secondary N) is 1. The van der Waals surface area contributed by atoms with Crippen LogP contribution in [0.25, 0.3) is 5.52 Å². The molecule has 6 heteroatoms. The van der Waals surface area contributed by atoms with Gasteiger partial charge in [-0.15, -0.1) is 0 Å². The predicted molar refractivity (Wildman–Crippen MR) is 73.5 cm³/mol. The predicted octanol–water partition coefficient (Wildman–Crippen LogP) is 1.56. The zero-order valence-corrected chi connectivity index (χ0v) is 11.4. The van der Waals surface area contributed by atoms with Gasteiger partial charge in [0.2, 0.25) is 0 Å². The summed E-state index contributed by atoms with van der Waals surface area (Å²) in [5.74, 6) is -1.26. The molecule has 2 aromatic heterocycles. The molecule has 2 rings (SSSR count). The molecule has 20 heavy (non-hydrogen) atoms. The first-order valence-corrected chi connectivity index (χ1v) is 6.45. The normalized spacial score (nSPS) is 12.6. The quantitative estimate of drug-likeness (QED) is 0.867. The van der Waals surface area contributed by atoms with Crippen LogP contribution >= 0.6 is 0 Å². The number of carbonyl (C=O) groups excluding carboxylic acids is 1. The number of carboxylic acids is 1. The van der Waals surface area contributed by atoms with Gasteiger partial charge in [0.25, 0.3) is 5.91 Å². The number of carbonyl (C=O) groups is 2. The summed E-state index contributed by atoms with van der Waals surface area (Å²) < 4.78 is 1.58. The summed E-state index contributed by atoms with van der Waals surface area (Å²) in [5.41, 5.74) is 1.03. The van der Waals surface area contributed by atoms with Crippen LogP contribution < -0.4 is 5.32 Å². The van der Waals surface area contributed by atoms with E-state index in [0.717, 1.165) is 0 Å². The number of aromatic nitrogens is 2. The Morgan fingerprint density at radius 1 is 1.40 bits per heavy atom. The molecule has 2 heterocycles. The standard InChI is InChI=1S/C14H17N3O3/c1-9(2)7-11(14(19)20)16-13(18)10-8-15-17-6-4-3-5-12(10)17/h3-6,8-9,11H,7H2,1-2H3,(H,16,18)(H,19,20). The fraction of sp³-hybridized carbons (Fsp3) is 0.357. The minimum Gasteiger partial charge on any atom is -0.480 e. The van der Waals surface area contributed by atoms with Crippen molar-refractivity contribution in [1.82, 2.24) is 14.9 Å². The Morgan fingerprint density at radius 3 is 2.80 bits per heavy atom. The van der Waals surface area contributed by atoms with Crippen molar-refractivity contribution in [3.63, 3.8) is 0 Å². The van der Waals surface area contributed by atoms with Gasteiger partial charge in [-0.1, -0.05) is 19.9 Å². The number of aliphatic carboxylic acids is 1. The van der Waals surface area contributed by atoms with Crippen LogP contribution in [0, 0.1) is 5.92 Å². The molecule has 1 unspecified atom stereocenters. The molecular weight excluding hydrogens is 258 g/mol. The van der Waals surface area contributed by atoms with E-state index < -0.39 is 17.9 Å². The highest BCUT2D eigenvalue weighted by Crippen LogP contribution is 2.11. The molecule has 0 aliphatic heterocycles. The van der Waals surface area contributed by atoms with Crippen LogP contribution in [-0.2, 0) is 4.79 Å². The maximum atomic E-state index is 12.2. The largest absolute Gasteiger partial charge is 0.480 e. The second kappa shape index (κ2) is 5.73. The summed E-state index contributed by atoms with van der Waals surface area (Å²) in [7, 11) is 0. The third-order valence-corrected chi connectivity index (χ3v) is 2.98. The van der Waals surface area contributed by atoms with E-state index in [2.05, 4.69) is 10.4 Å². The highest BCUT2D eigenvalue weighted by molar-refractivity contribution is 6.02. The summed E-state index contributed by atoms with van der Waals surface area (Å²) in [6, 6.07) is 4.48. The topological polar surface area (TPSA) is 83.7 Å². The van der Waals surface area contributed by atoms with Crippen LogP contribution in [0.1, 0.15) is 30.6 Å². The van der Waals surface area contributed by atoms with Crippen molar-refractivity contribution in [1.29, 1.82) is 0 Å². The average Bonchev–Trinajstić information content (AvgIpc) is 2.81. The third kappa shape index (κ3) is 2.96. The van der Waals surface area contributed by atoms with Crippen LogP contribution in [0.2, 0.25) is 0 Å². The number of pyridine rings is 1. The molecule has 0 fully saturated rings. The Bertz CT molecular complexity index is 633. The lowest BCUT2D eigenvalue weighted by Crippen LogP contribution is -2.41. The van der Waals surface area contributed by atoms with E-state index >= 15 is 0 Å². The van der Waals surface area contributed by atoms with E-state index in [9.17, 15) is 9.59 Å². The van der Waals surface area contributed by atoms with Gasteiger partial charge in [-0.25, -0.2) is 9.31 Å². The van der Waals surface area contributed by atoms with Crippen LogP contribution in [0.3, 0.4) is 0 Å². The zero-order valence-electron chi connectivity index (χ0n) is 11.4. The Balaban J connectivity index is 2.20. The first-order valence-electron chi connectivity index (χ1n) is 6.45. The van der Waals surface area contributed by atoms with Crippen molar-refractivity contribution in [3.05, 3.63) is 36.2 Å². The van der Waals surface area contributed by atoms with E-state index in [1.165, 1.54) is 6.20 Å². The fourth-order valence-electron chi connectivity index (χ4n) is 2.04. The van der Waals surface area contributed by atoms with Gasteiger partial charge in [0.05, 0.1) is 17.3 Å². The van der Waals surface area contributed by atoms with Gasteiger partial charge in [-0.05, 0) is 24.5 Å². The van der Waals surface area contributed by atoms with Crippen molar-refractivity contribution in [2.45, 2.75) is 26.3 Å². The van der Waals surface area contributed by atoms with Gasteiger partial charge in [0.15, 0.2) is 0 Å². The zero-order chi connectivity index (χ0) is 14.7. The minimum atomic E-state index is -1.02. The highest BCUT2D eigenvalue weighted by Gasteiger charge is 2.23. The molecule has 2 N–H and O–H groups in total. The summed E-state index contributed by atoms with van der Waals surface area (Å²) >= 11 is 0. The molecule has 0 aliphatic rings. The maximum absolute atomic E-state index is 12.2. The molecule has 0 bridgehead atoms. The van der Waals surface area contributed by atoms with E-state index in [1.807, 2.05) is 13.8 Å². The molecule has 6 nitrogen and oxygen atoms in total. The van der Waals surface area contributed by atoms with Crippen molar-refractivity contribution in [2.24, 2.45) is 5.92 Å². The second-order valence-electron chi connectivity index (χ2n) is 5.08. The van der Waals surface area contributed by atoms with Gasteiger partial charge < -0.3 is 10.4 Å². The van der Waals surface area contributed by atoms with Crippen molar-refractivity contribution >= 4 is 17.4 Å². The molecular formula is C14H17N3O3. The smallest absolute Gasteiger partial charge is 0.326 e. The van der Waals surface area contributed by atoms with Crippen molar-refractivity contribution in [2.75, 3.05) is 0 Å². The lowest BCUT2D eigenvalue weighted by atomic mass is 10.0. The highest BCUT2D eigenvalue weighted by atomic mass is 16.4. The number of nitrogens with zero attached hydrogens (tertiary/aromatic N) is 2. The summed E-state index contributed by atoms with van der Waals surface area (Å²) in [4.78, 5) is 23.4. The van der Waals surface area contributed by atoms with Crippen LogP contribution in [0.4, 0.5) is 0 Å². The monoisotopic (exact) mass is 275 g/mol. The summed E-state index contributed by atoms with van der Waals surface area (Å²) in [5, 5.41) is 15.8. The molecule has 1 amide bonds. The lowest BCUT2D eigenvalue weighted by Gasteiger charge is -2.16. The van der Waals surface area contributed by atoms with Crippen molar-refractivity contribution in [3.8, 4) is 0 Å². The fourth-order valence-corrected chi connectivity index (χ4v) is 2.04. The number of rotatable bonds is 5. The number of amides is 1. The van der Waals surface area contributed by atoms with Crippen LogP contribution in [0.5, 0.6) is 0 Å². The first-order chi connectivity index (χ1) is 9.49. The van der Waals surface area contributed by atoms with Crippen molar-refractivity contribution < 1.29 is 14.7 Å². The molecule has 106 valence electrons. The molecule has 0 spiro atoms. The molecule has 1 atom stereocenters. The molecule has 2 aromatic rings. The van der Waals surface area contributed by atoms with Gasteiger partial charge in [-0.2, -0.15) is 5.10 Å². The Labute approximate surface area is 116 Å². The van der Waals surface area contributed by atoms with E-state index in [0.29, 0.717) is 17.5 Å². The summed E-state index contributed by atoms with van der Waals surface area (Å²) in [6.07, 6.45) is 3.56. The number of hydrogen-bond donors (Lipinski definition) is 2. The average molecular weight is 275 g/mol. The molecule has 0 saturated heterocycles. The molecule has 0 aromatic carbocycles. The number of hydrogen-bond acceptors (Lipinski definition) is 3. The van der Waals surface area contributed by atoms with Gasteiger partial charge >= 0.3 is 5.97 Å². The molecule has 0 aliphatic carbocycles. The maximum Gasteiger partial charge on any atom is 0.326 e. The molecule has 0 radical (unpaired) electrons. The Kier molecular flexibility index (Phi) is 4.02. The first kappa shape index (κ1) is 14.0. The van der Waals surface area contributed by atoms with Crippen LogP contribution in [-0.4, -0.2) is 32.6 Å². The van der Waals surface area contributed by atoms with E-state index in [4.69, 9.17) is 5.11 Å². The van der Waals surface area contributed by atoms with Crippen LogP contribution in [0.15, 0.2) is 30.6 Å². The Morgan fingerprint density at radius 2 is 2.15 bits per heavy atom. The minimum absolute atomic E-state index is 0.181.